The maximum absolute atomic E-state index is 5.99. The van der Waals surface area contributed by atoms with Crippen LogP contribution in [0.25, 0.3) is 17.0 Å². The third-order valence-electron chi connectivity index (χ3n) is 3.56. The molecule has 1 N–H and O–H groups in total. The van der Waals surface area contributed by atoms with Crippen LogP contribution in [0.15, 0.2) is 73.1 Å². The molecule has 0 spiro atoms. The zero-order chi connectivity index (χ0) is 15.6. The average molecular weight is 321 g/mol. The number of imidazole rings is 1. The van der Waals surface area contributed by atoms with Crippen LogP contribution in [0.4, 0.5) is 11.5 Å². The number of nitrogens with one attached hydrogen (secondary N) is 1. The smallest absolute Gasteiger partial charge is 0.235 e. The van der Waals surface area contributed by atoms with Crippen LogP contribution >= 0.6 is 11.6 Å². The normalized spacial score (nSPS) is 10.8. The van der Waals surface area contributed by atoms with Gasteiger partial charge in [0.25, 0.3) is 0 Å². The van der Waals surface area contributed by atoms with E-state index >= 15 is 0 Å². The first-order valence-corrected chi connectivity index (χ1v) is 7.60. The topological polar surface area (TPSA) is 42.2 Å². The number of rotatable bonds is 3. The van der Waals surface area contributed by atoms with Crippen LogP contribution in [-0.4, -0.2) is 14.4 Å². The van der Waals surface area contributed by atoms with Gasteiger partial charge in [0.1, 0.15) is 11.5 Å². The molecule has 0 aliphatic heterocycles. The predicted molar refractivity (Wildman–Crippen MR) is 93.2 cm³/mol. The summed E-state index contributed by atoms with van der Waals surface area (Å²) in [5, 5.41) is 4.14. The van der Waals surface area contributed by atoms with Gasteiger partial charge in [0.2, 0.25) is 5.78 Å². The van der Waals surface area contributed by atoms with Crippen molar-refractivity contribution >= 4 is 28.9 Å². The van der Waals surface area contributed by atoms with Crippen LogP contribution < -0.4 is 5.32 Å². The van der Waals surface area contributed by atoms with Gasteiger partial charge in [-0.15, -0.1) is 0 Å². The second-order valence-electron chi connectivity index (χ2n) is 5.10. The summed E-state index contributed by atoms with van der Waals surface area (Å²) in [6.45, 7) is 0. The molecule has 0 bridgehead atoms. The van der Waals surface area contributed by atoms with E-state index in [2.05, 4.69) is 15.3 Å². The molecule has 23 heavy (non-hydrogen) atoms. The van der Waals surface area contributed by atoms with Crippen molar-refractivity contribution in [1.29, 1.82) is 0 Å². The lowest BCUT2D eigenvalue weighted by Crippen LogP contribution is -1.97. The minimum atomic E-state index is 0.649. The molecule has 4 aromatic rings. The standard InChI is InChI=1S/C18H13ClN4/c19-14-9-7-13(8-10-14)16-17(21-15-5-2-1-3-6-15)23-12-4-11-20-18(23)22-16/h1-12,21H. The largest absolute Gasteiger partial charge is 0.339 e. The third kappa shape index (κ3) is 2.64. The molecule has 112 valence electrons. The second-order valence-corrected chi connectivity index (χ2v) is 5.53. The number of anilines is 2. The summed E-state index contributed by atoms with van der Waals surface area (Å²) >= 11 is 5.99. The van der Waals surface area contributed by atoms with E-state index in [-0.39, 0.29) is 0 Å². The van der Waals surface area contributed by atoms with Crippen molar-refractivity contribution in [2.45, 2.75) is 0 Å². The Morgan fingerprint density at radius 2 is 1.70 bits per heavy atom. The van der Waals surface area contributed by atoms with Crippen LogP contribution in [0.1, 0.15) is 0 Å². The lowest BCUT2D eigenvalue weighted by Gasteiger charge is -2.08. The molecule has 4 nitrogen and oxygen atoms in total. The first kappa shape index (κ1) is 13.8. The Morgan fingerprint density at radius 3 is 2.48 bits per heavy atom. The summed E-state index contributed by atoms with van der Waals surface area (Å²) in [6, 6.07) is 19.5. The van der Waals surface area contributed by atoms with Crippen molar-refractivity contribution in [1.82, 2.24) is 14.4 Å². The summed E-state index contributed by atoms with van der Waals surface area (Å²) in [5.74, 6) is 1.53. The number of aromatic nitrogens is 3. The minimum Gasteiger partial charge on any atom is -0.339 e. The number of hydrogen-bond donors (Lipinski definition) is 1. The molecule has 2 aromatic heterocycles. The van der Waals surface area contributed by atoms with E-state index in [9.17, 15) is 0 Å². The number of nitrogens with zero attached hydrogens (tertiary/aromatic N) is 3. The van der Waals surface area contributed by atoms with Crippen molar-refractivity contribution in [3.8, 4) is 11.3 Å². The van der Waals surface area contributed by atoms with Gasteiger partial charge in [-0.25, -0.2) is 9.97 Å². The molecule has 0 saturated carbocycles. The monoisotopic (exact) mass is 320 g/mol. The summed E-state index contributed by atoms with van der Waals surface area (Å²) < 4.78 is 1.94. The van der Waals surface area contributed by atoms with Crippen molar-refractivity contribution in [3.63, 3.8) is 0 Å². The zero-order valence-electron chi connectivity index (χ0n) is 12.1. The quantitative estimate of drug-likeness (QED) is 0.590. The molecule has 5 heteroatoms. The molecule has 2 aromatic carbocycles. The Balaban J connectivity index is 1.89. The Bertz CT molecular complexity index is 946. The maximum Gasteiger partial charge on any atom is 0.235 e. The van der Waals surface area contributed by atoms with E-state index in [1.807, 2.05) is 71.3 Å². The summed E-state index contributed by atoms with van der Waals surface area (Å²) in [6.07, 6.45) is 3.68. The van der Waals surface area contributed by atoms with E-state index in [1.165, 1.54) is 0 Å². The Labute approximate surface area is 138 Å². The molecule has 0 saturated heterocycles. The Hall–Kier alpha value is -2.85. The highest BCUT2D eigenvalue weighted by atomic mass is 35.5. The number of fused-ring (bicyclic) bond motifs is 1. The first-order valence-electron chi connectivity index (χ1n) is 7.22. The van der Waals surface area contributed by atoms with Gasteiger partial charge in [-0.05, 0) is 30.3 Å². The lowest BCUT2D eigenvalue weighted by molar-refractivity contribution is 1.11. The van der Waals surface area contributed by atoms with Gasteiger partial charge in [0, 0.05) is 28.7 Å². The summed E-state index contributed by atoms with van der Waals surface area (Å²) in [4.78, 5) is 8.99. The maximum atomic E-state index is 5.99. The Morgan fingerprint density at radius 1 is 0.913 bits per heavy atom. The van der Waals surface area contributed by atoms with Crippen molar-refractivity contribution in [2.24, 2.45) is 0 Å². The van der Waals surface area contributed by atoms with Crippen molar-refractivity contribution < 1.29 is 0 Å². The van der Waals surface area contributed by atoms with Crippen LogP contribution in [-0.2, 0) is 0 Å². The fraction of sp³-hybridized carbons (Fsp3) is 0. The van der Waals surface area contributed by atoms with Gasteiger partial charge in [0.05, 0.1) is 0 Å². The highest BCUT2D eigenvalue weighted by molar-refractivity contribution is 6.30. The lowest BCUT2D eigenvalue weighted by atomic mass is 10.1. The van der Waals surface area contributed by atoms with Gasteiger partial charge in [-0.2, -0.15) is 0 Å². The second kappa shape index (κ2) is 5.74. The van der Waals surface area contributed by atoms with Gasteiger partial charge in [-0.1, -0.05) is 41.9 Å². The zero-order valence-corrected chi connectivity index (χ0v) is 12.9. The molecule has 0 aliphatic carbocycles. The molecule has 0 radical (unpaired) electrons. The number of hydrogen-bond acceptors (Lipinski definition) is 3. The molecule has 0 unspecified atom stereocenters. The van der Waals surface area contributed by atoms with Gasteiger partial charge < -0.3 is 5.32 Å². The Kier molecular flexibility index (Phi) is 3.44. The van der Waals surface area contributed by atoms with Gasteiger partial charge >= 0.3 is 0 Å². The van der Waals surface area contributed by atoms with Gasteiger partial charge in [-0.3, -0.25) is 4.40 Å². The van der Waals surface area contributed by atoms with Crippen LogP contribution in [0.5, 0.6) is 0 Å². The SMILES string of the molecule is Clc1ccc(-c2nc3ncccn3c2Nc2ccccc2)cc1. The van der Waals surface area contributed by atoms with Crippen LogP contribution in [0.3, 0.4) is 0 Å². The molecule has 0 atom stereocenters. The summed E-state index contributed by atoms with van der Waals surface area (Å²) in [7, 11) is 0. The number of benzene rings is 2. The molecule has 0 fully saturated rings. The van der Waals surface area contributed by atoms with Crippen LogP contribution in [0, 0.1) is 0 Å². The highest BCUT2D eigenvalue weighted by Crippen LogP contribution is 2.31. The molecular weight excluding hydrogens is 308 g/mol. The highest BCUT2D eigenvalue weighted by Gasteiger charge is 2.14. The fourth-order valence-electron chi connectivity index (χ4n) is 2.47. The van der Waals surface area contributed by atoms with E-state index in [1.54, 1.807) is 6.20 Å². The van der Waals surface area contributed by atoms with Crippen molar-refractivity contribution in [3.05, 3.63) is 78.1 Å². The number of para-hydroxylation sites is 1. The molecule has 2 heterocycles. The van der Waals surface area contributed by atoms with Crippen LogP contribution in [0.2, 0.25) is 5.02 Å². The molecule has 0 aliphatic rings. The van der Waals surface area contributed by atoms with E-state index in [0.29, 0.717) is 10.8 Å². The van der Waals surface area contributed by atoms with E-state index in [4.69, 9.17) is 11.6 Å². The molecular formula is C18H13ClN4. The average Bonchev–Trinajstić information content (AvgIpc) is 2.95. The van der Waals surface area contributed by atoms with E-state index in [0.717, 1.165) is 22.8 Å². The fourth-order valence-corrected chi connectivity index (χ4v) is 2.60. The summed E-state index contributed by atoms with van der Waals surface area (Å²) in [5.41, 5.74) is 2.82. The molecule has 0 amide bonds. The van der Waals surface area contributed by atoms with E-state index < -0.39 is 0 Å². The minimum absolute atomic E-state index is 0.649. The van der Waals surface area contributed by atoms with Gasteiger partial charge in [0.15, 0.2) is 0 Å². The first-order chi connectivity index (χ1) is 11.3. The third-order valence-corrected chi connectivity index (χ3v) is 3.81. The molecule has 4 rings (SSSR count). The number of halogens is 1. The van der Waals surface area contributed by atoms with Crippen molar-refractivity contribution in [2.75, 3.05) is 5.32 Å². The predicted octanol–water partition coefficient (Wildman–Crippen LogP) is 4.79.